The predicted octanol–water partition coefficient (Wildman–Crippen LogP) is 2.55. The number of hydrogen-bond acceptors (Lipinski definition) is 4. The van der Waals surface area contributed by atoms with Gasteiger partial charge >= 0.3 is 5.97 Å². The van der Waals surface area contributed by atoms with Crippen molar-refractivity contribution < 1.29 is 19.4 Å². The number of nitrogens with one attached hydrogen (secondary N) is 1. The molecule has 1 aromatic carbocycles. The van der Waals surface area contributed by atoms with Crippen molar-refractivity contribution in [3.05, 3.63) is 28.4 Å². The zero-order valence-electron chi connectivity index (χ0n) is 10.2. The van der Waals surface area contributed by atoms with Crippen LogP contribution in [0.4, 0.5) is 0 Å². The molecule has 1 aromatic heterocycles. The summed E-state index contributed by atoms with van der Waals surface area (Å²) in [7, 11) is 3.08. The number of hydrogen-bond donors (Lipinski definition) is 2. The number of aromatic carboxylic acids is 1. The Morgan fingerprint density at radius 3 is 2.53 bits per heavy atom. The second kappa shape index (κ2) is 5.31. The minimum absolute atomic E-state index is 0.00443. The number of carbonyl (C=O) groups is 1. The van der Waals surface area contributed by atoms with Gasteiger partial charge in [0, 0.05) is 5.56 Å². The van der Waals surface area contributed by atoms with Gasteiger partial charge in [-0.2, -0.15) is 5.10 Å². The summed E-state index contributed by atoms with van der Waals surface area (Å²) >= 11 is 3.22. The number of nitrogens with zero attached hydrogens (tertiary/aromatic N) is 1. The molecule has 1 heterocycles. The van der Waals surface area contributed by atoms with E-state index in [0.717, 1.165) is 0 Å². The Balaban J connectivity index is 2.50. The van der Waals surface area contributed by atoms with Crippen LogP contribution in [0.25, 0.3) is 11.3 Å². The van der Waals surface area contributed by atoms with Gasteiger partial charge in [0.05, 0.1) is 18.7 Å². The summed E-state index contributed by atoms with van der Waals surface area (Å²) in [6.07, 6.45) is 0. The highest BCUT2D eigenvalue weighted by molar-refractivity contribution is 9.10. The van der Waals surface area contributed by atoms with Gasteiger partial charge in [-0.15, -0.1) is 0 Å². The number of methoxy groups -OCH3 is 2. The zero-order valence-corrected chi connectivity index (χ0v) is 11.8. The lowest BCUT2D eigenvalue weighted by molar-refractivity contribution is 0.0689. The molecule has 0 radical (unpaired) electrons. The summed E-state index contributed by atoms with van der Waals surface area (Å²) < 4.78 is 10.7. The van der Waals surface area contributed by atoms with Crippen molar-refractivity contribution in [1.82, 2.24) is 10.2 Å². The highest BCUT2D eigenvalue weighted by atomic mass is 79.9. The van der Waals surface area contributed by atoms with E-state index in [9.17, 15) is 4.79 Å². The highest BCUT2D eigenvalue weighted by Gasteiger charge is 2.18. The Morgan fingerprint density at radius 1 is 1.32 bits per heavy atom. The van der Waals surface area contributed by atoms with Crippen LogP contribution in [0.3, 0.4) is 0 Å². The van der Waals surface area contributed by atoms with E-state index < -0.39 is 5.97 Å². The van der Waals surface area contributed by atoms with Gasteiger partial charge in [0.2, 0.25) is 0 Å². The molecule has 19 heavy (non-hydrogen) atoms. The van der Waals surface area contributed by atoms with E-state index in [4.69, 9.17) is 14.6 Å². The summed E-state index contributed by atoms with van der Waals surface area (Å²) in [6, 6.07) is 5.23. The van der Waals surface area contributed by atoms with Gasteiger partial charge in [-0.1, -0.05) is 0 Å². The fourth-order valence-corrected chi connectivity index (χ4v) is 2.22. The lowest BCUT2D eigenvalue weighted by Gasteiger charge is -2.08. The predicted molar refractivity (Wildman–Crippen MR) is 71.8 cm³/mol. The first-order valence-electron chi connectivity index (χ1n) is 5.28. The fraction of sp³-hybridized carbons (Fsp3) is 0.167. The molecule has 0 saturated carbocycles. The Kier molecular flexibility index (Phi) is 3.75. The summed E-state index contributed by atoms with van der Waals surface area (Å²) in [5, 5.41) is 15.4. The average molecular weight is 327 g/mol. The van der Waals surface area contributed by atoms with E-state index in [1.165, 1.54) is 7.11 Å². The second-order valence-electron chi connectivity index (χ2n) is 3.64. The molecule has 2 N–H and O–H groups in total. The third-order valence-electron chi connectivity index (χ3n) is 2.58. The van der Waals surface area contributed by atoms with E-state index in [0.29, 0.717) is 27.2 Å². The molecule has 0 aliphatic heterocycles. The minimum Gasteiger partial charge on any atom is -0.493 e. The third-order valence-corrected chi connectivity index (χ3v) is 3.35. The highest BCUT2D eigenvalue weighted by Crippen LogP contribution is 2.35. The number of halogens is 1. The monoisotopic (exact) mass is 326 g/mol. The van der Waals surface area contributed by atoms with Crippen LogP contribution < -0.4 is 9.47 Å². The molecule has 0 amide bonds. The van der Waals surface area contributed by atoms with Crippen LogP contribution in [0.1, 0.15) is 10.5 Å². The van der Waals surface area contributed by atoms with Gasteiger partial charge in [0.1, 0.15) is 5.69 Å². The number of benzene rings is 1. The van der Waals surface area contributed by atoms with Crippen LogP contribution >= 0.6 is 15.9 Å². The normalized spacial score (nSPS) is 10.3. The average Bonchev–Trinajstić information content (AvgIpc) is 2.80. The molecule has 7 heteroatoms. The lowest BCUT2D eigenvalue weighted by Crippen LogP contribution is -1.97. The van der Waals surface area contributed by atoms with Crippen molar-refractivity contribution >= 4 is 21.9 Å². The topological polar surface area (TPSA) is 84.4 Å². The maximum atomic E-state index is 10.9. The molecule has 0 aliphatic rings. The van der Waals surface area contributed by atoms with Crippen molar-refractivity contribution in [3.63, 3.8) is 0 Å². The zero-order chi connectivity index (χ0) is 14.0. The molecule has 2 rings (SSSR count). The maximum Gasteiger partial charge on any atom is 0.355 e. The number of carboxylic acids is 1. The van der Waals surface area contributed by atoms with E-state index in [-0.39, 0.29) is 5.69 Å². The molecular formula is C12H11BrN2O4. The Bertz CT molecular complexity index is 624. The fourth-order valence-electron chi connectivity index (χ4n) is 1.64. The van der Waals surface area contributed by atoms with Gasteiger partial charge in [0.15, 0.2) is 17.2 Å². The summed E-state index contributed by atoms with van der Waals surface area (Å²) in [4.78, 5) is 10.9. The molecule has 6 nitrogen and oxygen atoms in total. The SMILES string of the molecule is COc1ccc(-c2n[nH]c(C(=O)O)c2Br)cc1OC. The van der Waals surface area contributed by atoms with Crippen molar-refractivity contribution in [3.8, 4) is 22.8 Å². The van der Waals surface area contributed by atoms with Crippen LogP contribution in [-0.4, -0.2) is 35.5 Å². The number of aromatic amines is 1. The maximum absolute atomic E-state index is 10.9. The summed E-state index contributed by atoms with van der Waals surface area (Å²) in [5.41, 5.74) is 1.22. The number of H-pyrrole nitrogens is 1. The first-order chi connectivity index (χ1) is 9.08. The van der Waals surface area contributed by atoms with E-state index in [2.05, 4.69) is 26.1 Å². The molecule has 0 spiro atoms. The molecular weight excluding hydrogens is 316 g/mol. The van der Waals surface area contributed by atoms with Gasteiger partial charge in [-0.3, -0.25) is 5.10 Å². The first kappa shape index (κ1) is 13.4. The molecule has 0 bridgehead atoms. The van der Waals surface area contributed by atoms with Crippen molar-refractivity contribution in [1.29, 1.82) is 0 Å². The molecule has 0 unspecified atom stereocenters. The van der Waals surface area contributed by atoms with E-state index in [1.54, 1.807) is 25.3 Å². The first-order valence-corrected chi connectivity index (χ1v) is 6.07. The largest absolute Gasteiger partial charge is 0.493 e. The molecule has 0 fully saturated rings. The number of aromatic nitrogens is 2. The smallest absolute Gasteiger partial charge is 0.355 e. The van der Waals surface area contributed by atoms with Crippen molar-refractivity contribution in [2.24, 2.45) is 0 Å². The Hall–Kier alpha value is -2.02. The van der Waals surface area contributed by atoms with Gasteiger partial charge in [-0.05, 0) is 34.1 Å². The lowest BCUT2D eigenvalue weighted by atomic mass is 10.1. The van der Waals surface area contributed by atoms with Crippen LogP contribution in [0.15, 0.2) is 22.7 Å². The number of carboxylic acid groups (broad SMARTS) is 1. The summed E-state index contributed by atoms with van der Waals surface area (Å²) in [5.74, 6) is 0.0641. The van der Waals surface area contributed by atoms with Crippen LogP contribution in [0.2, 0.25) is 0 Å². The third kappa shape index (κ3) is 2.41. The minimum atomic E-state index is -1.08. The van der Waals surface area contributed by atoms with Crippen LogP contribution in [0, 0.1) is 0 Å². The Labute approximate surface area is 117 Å². The van der Waals surface area contributed by atoms with Gasteiger partial charge in [0.25, 0.3) is 0 Å². The summed E-state index contributed by atoms with van der Waals surface area (Å²) in [6.45, 7) is 0. The molecule has 100 valence electrons. The van der Waals surface area contributed by atoms with E-state index in [1.807, 2.05) is 0 Å². The second-order valence-corrected chi connectivity index (χ2v) is 4.43. The number of rotatable bonds is 4. The Morgan fingerprint density at radius 2 is 2.00 bits per heavy atom. The number of ether oxygens (including phenoxy) is 2. The van der Waals surface area contributed by atoms with Gasteiger partial charge < -0.3 is 14.6 Å². The van der Waals surface area contributed by atoms with Crippen molar-refractivity contribution in [2.75, 3.05) is 14.2 Å². The molecule has 2 aromatic rings. The van der Waals surface area contributed by atoms with E-state index >= 15 is 0 Å². The quantitative estimate of drug-likeness (QED) is 0.901. The van der Waals surface area contributed by atoms with Crippen molar-refractivity contribution in [2.45, 2.75) is 0 Å². The standard InChI is InChI=1S/C12H11BrN2O4/c1-18-7-4-3-6(5-8(7)19-2)10-9(13)11(12(16)17)15-14-10/h3-5H,1-2H3,(H,14,15)(H,16,17). The van der Waals surface area contributed by atoms with Gasteiger partial charge in [-0.25, -0.2) is 4.79 Å². The molecule has 0 atom stereocenters. The molecule has 0 aliphatic carbocycles. The van der Waals surface area contributed by atoms with Crippen LogP contribution in [0.5, 0.6) is 11.5 Å². The van der Waals surface area contributed by atoms with Crippen LogP contribution in [-0.2, 0) is 0 Å². The molecule has 0 saturated heterocycles.